The Kier molecular flexibility index (Phi) is 5.41. The number of carbonyl (C=O) groups is 2. The second-order valence-corrected chi connectivity index (χ2v) is 7.68. The zero-order valence-corrected chi connectivity index (χ0v) is 18.0. The highest BCUT2D eigenvalue weighted by Gasteiger charge is 2.35. The molecule has 2 amide bonds. The molecule has 1 aliphatic rings. The summed E-state index contributed by atoms with van der Waals surface area (Å²) in [6, 6.07) is 6.54. The van der Waals surface area contributed by atoms with Crippen molar-refractivity contribution in [1.29, 1.82) is 0 Å². The van der Waals surface area contributed by atoms with E-state index >= 15 is 0 Å². The largest absolute Gasteiger partial charge is 0.419 e. The van der Waals surface area contributed by atoms with E-state index in [2.05, 4.69) is 15.4 Å². The predicted molar refractivity (Wildman–Crippen MR) is 116 cm³/mol. The Balaban J connectivity index is 1.80. The van der Waals surface area contributed by atoms with Crippen molar-refractivity contribution >= 4 is 22.9 Å². The topological polar surface area (TPSA) is 106 Å². The molecule has 0 unspecified atom stereocenters. The van der Waals surface area contributed by atoms with Crippen LogP contribution in [0.1, 0.15) is 39.2 Å². The van der Waals surface area contributed by atoms with Crippen LogP contribution >= 0.6 is 0 Å². The highest BCUT2D eigenvalue weighted by molar-refractivity contribution is 6.07. The third kappa shape index (κ3) is 3.49. The molecule has 32 heavy (non-hydrogen) atoms. The summed E-state index contributed by atoms with van der Waals surface area (Å²) >= 11 is 0. The summed E-state index contributed by atoms with van der Waals surface area (Å²) in [6.45, 7) is 6.28. The number of hydrogen-bond donors (Lipinski definition) is 2. The van der Waals surface area contributed by atoms with Gasteiger partial charge in [-0.25, -0.2) is 9.18 Å². The minimum Gasteiger partial charge on any atom is -0.404 e. The summed E-state index contributed by atoms with van der Waals surface area (Å²) in [5, 5.41) is 6.67. The molecule has 2 aromatic heterocycles. The van der Waals surface area contributed by atoms with Crippen LogP contribution < -0.4 is 10.9 Å². The molecule has 1 saturated heterocycles. The summed E-state index contributed by atoms with van der Waals surface area (Å²) < 4.78 is 21.3. The Morgan fingerprint density at radius 2 is 1.91 bits per heavy atom. The SMILES string of the molecule is CCn1ncc2c(F)cc(-c3ccc(C(/C=C4\OC(=O)NC4=O)(CC)CC)c(=O)[nH]3)cc21. The van der Waals surface area contributed by atoms with Crippen LogP contribution in [0.3, 0.4) is 0 Å². The quantitative estimate of drug-likeness (QED) is 0.570. The maximum absolute atomic E-state index is 14.6. The van der Waals surface area contributed by atoms with Gasteiger partial charge in [0.2, 0.25) is 0 Å². The van der Waals surface area contributed by atoms with E-state index in [1.165, 1.54) is 18.3 Å². The average Bonchev–Trinajstić information content (AvgIpc) is 3.34. The van der Waals surface area contributed by atoms with Gasteiger partial charge in [0.1, 0.15) is 5.82 Å². The number of imide groups is 1. The second kappa shape index (κ2) is 8.07. The molecule has 0 bridgehead atoms. The number of rotatable bonds is 6. The number of halogens is 1. The van der Waals surface area contributed by atoms with Crippen LogP contribution in [0, 0.1) is 5.82 Å². The van der Waals surface area contributed by atoms with E-state index in [0.29, 0.717) is 47.1 Å². The van der Waals surface area contributed by atoms with E-state index in [1.54, 1.807) is 22.9 Å². The lowest BCUT2D eigenvalue weighted by Gasteiger charge is -2.28. The first kappa shape index (κ1) is 21.5. The van der Waals surface area contributed by atoms with E-state index in [9.17, 15) is 18.8 Å². The van der Waals surface area contributed by atoms with Crippen LogP contribution in [0.4, 0.5) is 9.18 Å². The van der Waals surface area contributed by atoms with Crippen molar-refractivity contribution in [2.24, 2.45) is 0 Å². The lowest BCUT2D eigenvalue weighted by molar-refractivity contribution is -0.116. The number of aromatic amines is 1. The highest BCUT2D eigenvalue weighted by atomic mass is 19.1. The minimum absolute atomic E-state index is 0.123. The zero-order chi connectivity index (χ0) is 23.0. The molecular formula is C23H23FN4O4. The standard InChI is InChI=1S/C23H23FN4O4/c1-4-23(5-2,11-19-21(30)27-22(31)32-19)15-7-8-17(26-20(15)29)13-9-16(24)14-12-25-28(6-3)18(14)10-13/h7-12H,4-6H2,1-3H3,(H,26,29)(H,27,30,31)/b19-11-. The second-order valence-electron chi connectivity index (χ2n) is 7.68. The van der Waals surface area contributed by atoms with Crippen LogP contribution in [0.5, 0.6) is 0 Å². The molecule has 0 aliphatic carbocycles. The third-order valence-corrected chi connectivity index (χ3v) is 6.08. The van der Waals surface area contributed by atoms with Crippen molar-refractivity contribution in [3.63, 3.8) is 0 Å². The van der Waals surface area contributed by atoms with Crippen molar-refractivity contribution < 1.29 is 18.7 Å². The van der Waals surface area contributed by atoms with E-state index in [0.717, 1.165) is 0 Å². The van der Waals surface area contributed by atoms with Gasteiger partial charge in [-0.2, -0.15) is 5.10 Å². The molecule has 1 aromatic carbocycles. The maximum atomic E-state index is 14.6. The number of alkyl carbamates (subject to hydrolysis) is 1. The molecule has 0 atom stereocenters. The molecule has 0 saturated carbocycles. The number of aromatic nitrogens is 3. The summed E-state index contributed by atoms with van der Waals surface area (Å²) in [7, 11) is 0. The number of cyclic esters (lactones) is 1. The first-order chi connectivity index (χ1) is 15.3. The van der Waals surface area contributed by atoms with E-state index in [4.69, 9.17) is 4.74 Å². The summed E-state index contributed by atoms with van der Waals surface area (Å²) in [5.41, 5.74) is 0.867. The number of nitrogens with zero attached hydrogens (tertiary/aromatic N) is 2. The van der Waals surface area contributed by atoms with Gasteiger partial charge in [0, 0.05) is 28.8 Å². The Hall–Kier alpha value is -3.75. The molecule has 3 heterocycles. The van der Waals surface area contributed by atoms with Gasteiger partial charge in [-0.1, -0.05) is 19.9 Å². The van der Waals surface area contributed by atoms with Gasteiger partial charge in [0.05, 0.1) is 17.1 Å². The molecule has 166 valence electrons. The normalized spacial score (nSPS) is 15.4. The smallest absolute Gasteiger partial charge is 0.404 e. The van der Waals surface area contributed by atoms with Crippen molar-refractivity contribution in [1.82, 2.24) is 20.1 Å². The lowest BCUT2D eigenvalue weighted by atomic mass is 9.75. The number of benzene rings is 1. The van der Waals surface area contributed by atoms with Gasteiger partial charge in [-0.15, -0.1) is 0 Å². The van der Waals surface area contributed by atoms with Gasteiger partial charge in [0.25, 0.3) is 11.5 Å². The first-order valence-corrected chi connectivity index (χ1v) is 10.5. The summed E-state index contributed by atoms with van der Waals surface area (Å²) in [6.07, 6.45) is 3.17. The van der Waals surface area contributed by atoms with E-state index < -0.39 is 23.2 Å². The first-order valence-electron chi connectivity index (χ1n) is 10.5. The Labute approximate surface area is 183 Å². The predicted octanol–water partition coefficient (Wildman–Crippen LogP) is 3.76. The molecule has 0 spiro atoms. The van der Waals surface area contributed by atoms with Crippen LogP contribution in [0.2, 0.25) is 0 Å². The number of nitrogens with one attached hydrogen (secondary N) is 2. The molecule has 1 aliphatic heterocycles. The van der Waals surface area contributed by atoms with Gasteiger partial charge in [-0.3, -0.25) is 19.6 Å². The zero-order valence-electron chi connectivity index (χ0n) is 18.0. The van der Waals surface area contributed by atoms with Gasteiger partial charge < -0.3 is 9.72 Å². The number of pyridine rings is 1. The molecule has 1 fully saturated rings. The molecule has 3 aromatic rings. The van der Waals surface area contributed by atoms with Crippen molar-refractivity contribution in [3.8, 4) is 11.3 Å². The van der Waals surface area contributed by atoms with Crippen molar-refractivity contribution in [2.75, 3.05) is 0 Å². The number of carbonyl (C=O) groups excluding carboxylic acids is 2. The Morgan fingerprint density at radius 1 is 1.16 bits per heavy atom. The number of fused-ring (bicyclic) bond motifs is 1. The van der Waals surface area contributed by atoms with Crippen LogP contribution in [-0.2, 0) is 21.5 Å². The molecular weight excluding hydrogens is 415 g/mol. The fourth-order valence-electron chi connectivity index (χ4n) is 4.16. The highest BCUT2D eigenvalue weighted by Crippen LogP contribution is 2.34. The maximum Gasteiger partial charge on any atom is 0.419 e. The lowest BCUT2D eigenvalue weighted by Crippen LogP contribution is -2.31. The van der Waals surface area contributed by atoms with Crippen molar-refractivity contribution in [3.05, 3.63) is 64.0 Å². The molecule has 4 rings (SSSR count). The summed E-state index contributed by atoms with van der Waals surface area (Å²) in [5.74, 6) is -1.18. The number of H-pyrrole nitrogens is 1. The fourth-order valence-corrected chi connectivity index (χ4v) is 4.16. The van der Waals surface area contributed by atoms with Crippen molar-refractivity contribution in [2.45, 2.75) is 45.6 Å². The van der Waals surface area contributed by atoms with E-state index in [-0.39, 0.29) is 11.3 Å². The van der Waals surface area contributed by atoms with Crippen LogP contribution in [-0.4, -0.2) is 26.8 Å². The monoisotopic (exact) mass is 438 g/mol. The number of allylic oxidation sites excluding steroid dienone is 1. The fraction of sp³-hybridized carbons (Fsp3) is 0.304. The number of ether oxygens (including phenoxy) is 1. The van der Waals surface area contributed by atoms with E-state index in [1.807, 2.05) is 20.8 Å². The molecule has 9 heteroatoms. The number of aryl methyl sites for hydroxylation is 1. The Morgan fingerprint density at radius 3 is 2.50 bits per heavy atom. The van der Waals surface area contributed by atoms with Crippen LogP contribution in [0.15, 0.2) is 47.1 Å². The van der Waals surface area contributed by atoms with Gasteiger partial charge in [-0.05, 0) is 44.0 Å². The van der Waals surface area contributed by atoms with Gasteiger partial charge in [0.15, 0.2) is 5.76 Å². The number of amides is 2. The Bertz CT molecular complexity index is 1320. The molecule has 0 radical (unpaired) electrons. The average molecular weight is 438 g/mol. The molecule has 8 nitrogen and oxygen atoms in total. The van der Waals surface area contributed by atoms with Gasteiger partial charge >= 0.3 is 6.09 Å². The third-order valence-electron chi connectivity index (χ3n) is 6.08. The minimum atomic E-state index is -0.838. The number of hydrogen-bond acceptors (Lipinski definition) is 5. The summed E-state index contributed by atoms with van der Waals surface area (Å²) in [4.78, 5) is 39.3. The molecule has 2 N–H and O–H groups in total. The van der Waals surface area contributed by atoms with Crippen LogP contribution in [0.25, 0.3) is 22.2 Å².